The first kappa shape index (κ1) is 11.4. The van der Waals surface area contributed by atoms with Crippen LogP contribution in [0.15, 0.2) is 18.3 Å². The van der Waals surface area contributed by atoms with E-state index in [1.807, 2.05) is 0 Å². The molecular formula is C9H9F2NO3. The van der Waals surface area contributed by atoms with Gasteiger partial charge in [-0.05, 0) is 6.07 Å². The van der Waals surface area contributed by atoms with Crippen LogP contribution in [0.3, 0.4) is 0 Å². The van der Waals surface area contributed by atoms with E-state index in [9.17, 15) is 13.6 Å². The Labute approximate surface area is 84.5 Å². The van der Waals surface area contributed by atoms with E-state index in [0.717, 1.165) is 0 Å². The molecule has 0 spiro atoms. The van der Waals surface area contributed by atoms with Crippen LogP contribution in [-0.4, -0.2) is 29.1 Å². The fraction of sp³-hybridized carbons (Fsp3) is 0.333. The quantitative estimate of drug-likeness (QED) is 0.827. The lowest BCUT2D eigenvalue weighted by atomic mass is 10.1. The number of halogens is 2. The number of alkyl halides is 2. The number of nitrogens with zero attached hydrogens (tertiary/aromatic N) is 1. The lowest BCUT2D eigenvalue weighted by molar-refractivity contribution is -0.164. The Kier molecular flexibility index (Phi) is 3.18. The molecule has 6 heteroatoms. The lowest BCUT2D eigenvalue weighted by Gasteiger charge is -2.10. The molecule has 0 fully saturated rings. The third kappa shape index (κ3) is 2.87. The predicted octanol–water partition coefficient (Wildman–Crippen LogP) is 1.35. The number of rotatable bonds is 4. The smallest absolute Gasteiger partial charge is 0.374 e. The summed E-state index contributed by atoms with van der Waals surface area (Å²) in [5, 5.41) is 8.22. The topological polar surface area (TPSA) is 59.4 Å². The third-order valence-corrected chi connectivity index (χ3v) is 1.74. The number of carbonyl (C=O) groups is 1. The van der Waals surface area contributed by atoms with Gasteiger partial charge in [0.05, 0.1) is 19.2 Å². The number of carboxylic acid groups (broad SMARTS) is 1. The Hall–Kier alpha value is -1.72. The van der Waals surface area contributed by atoms with Crippen molar-refractivity contribution in [2.24, 2.45) is 0 Å². The maximum Gasteiger partial charge on any atom is 0.374 e. The van der Waals surface area contributed by atoms with Crippen LogP contribution in [0, 0.1) is 0 Å². The summed E-state index contributed by atoms with van der Waals surface area (Å²) in [7, 11) is 1.38. The van der Waals surface area contributed by atoms with Crippen LogP contribution in [0.2, 0.25) is 0 Å². The normalized spacial score (nSPS) is 11.1. The van der Waals surface area contributed by atoms with Gasteiger partial charge in [0.1, 0.15) is 5.75 Å². The molecule has 0 aliphatic carbocycles. The molecule has 0 aliphatic heterocycles. The van der Waals surface area contributed by atoms with Crippen molar-refractivity contribution in [2.75, 3.05) is 7.11 Å². The van der Waals surface area contributed by atoms with E-state index in [1.165, 1.54) is 25.4 Å². The summed E-state index contributed by atoms with van der Waals surface area (Å²) in [4.78, 5) is 13.8. The fourth-order valence-electron chi connectivity index (χ4n) is 0.983. The van der Waals surface area contributed by atoms with Crippen LogP contribution in [0.4, 0.5) is 8.78 Å². The highest BCUT2D eigenvalue weighted by Gasteiger charge is 2.39. The number of aliphatic carboxylic acids is 1. The van der Waals surface area contributed by atoms with Gasteiger partial charge >= 0.3 is 11.9 Å². The van der Waals surface area contributed by atoms with Crippen molar-refractivity contribution in [1.29, 1.82) is 0 Å². The molecular weight excluding hydrogens is 208 g/mol. The zero-order valence-electron chi connectivity index (χ0n) is 7.91. The number of methoxy groups -OCH3 is 1. The number of carboxylic acids is 1. The Bertz CT molecular complexity index is 368. The molecule has 15 heavy (non-hydrogen) atoms. The second kappa shape index (κ2) is 4.20. The highest BCUT2D eigenvalue weighted by Crippen LogP contribution is 2.21. The molecule has 0 aliphatic rings. The Morgan fingerprint density at radius 1 is 1.67 bits per heavy atom. The average molecular weight is 217 g/mol. The van der Waals surface area contributed by atoms with E-state index >= 15 is 0 Å². The molecule has 1 heterocycles. The first-order valence-corrected chi connectivity index (χ1v) is 4.06. The van der Waals surface area contributed by atoms with Gasteiger partial charge in [0.25, 0.3) is 0 Å². The van der Waals surface area contributed by atoms with Crippen LogP contribution < -0.4 is 4.74 Å². The van der Waals surface area contributed by atoms with Gasteiger partial charge in [-0.25, -0.2) is 4.79 Å². The summed E-state index contributed by atoms with van der Waals surface area (Å²) in [6.07, 6.45) is 0.339. The molecule has 0 amide bonds. The zero-order valence-corrected chi connectivity index (χ0v) is 7.91. The zero-order chi connectivity index (χ0) is 11.5. The van der Waals surface area contributed by atoms with Gasteiger partial charge in [-0.3, -0.25) is 4.98 Å². The van der Waals surface area contributed by atoms with Crippen molar-refractivity contribution < 1.29 is 23.4 Å². The summed E-state index contributed by atoms with van der Waals surface area (Å²) < 4.78 is 30.4. The Balaban J connectivity index is 2.85. The van der Waals surface area contributed by atoms with Crippen LogP contribution >= 0.6 is 0 Å². The molecule has 0 saturated carbocycles. The maximum absolute atomic E-state index is 12.8. The molecule has 1 rings (SSSR count). The van der Waals surface area contributed by atoms with Crippen LogP contribution in [0.5, 0.6) is 5.75 Å². The summed E-state index contributed by atoms with van der Waals surface area (Å²) in [5.74, 6) is -5.60. The Morgan fingerprint density at radius 3 is 2.87 bits per heavy atom. The minimum absolute atomic E-state index is 0.0262. The number of hydrogen-bond donors (Lipinski definition) is 1. The van der Waals surface area contributed by atoms with E-state index < -0.39 is 18.3 Å². The number of hydrogen-bond acceptors (Lipinski definition) is 3. The minimum atomic E-state index is -3.81. The largest absolute Gasteiger partial charge is 0.497 e. The first-order valence-electron chi connectivity index (χ1n) is 4.06. The molecule has 1 N–H and O–H groups in total. The van der Waals surface area contributed by atoms with Gasteiger partial charge in [-0.2, -0.15) is 8.78 Å². The van der Waals surface area contributed by atoms with Crippen molar-refractivity contribution in [2.45, 2.75) is 12.3 Å². The lowest BCUT2D eigenvalue weighted by Crippen LogP contribution is -2.31. The van der Waals surface area contributed by atoms with Crippen LogP contribution in [0.1, 0.15) is 5.69 Å². The van der Waals surface area contributed by atoms with Gasteiger partial charge in [0, 0.05) is 12.3 Å². The van der Waals surface area contributed by atoms with Crippen molar-refractivity contribution in [3.8, 4) is 5.75 Å². The highest BCUT2D eigenvalue weighted by molar-refractivity contribution is 5.75. The molecule has 0 saturated heterocycles. The van der Waals surface area contributed by atoms with Crippen molar-refractivity contribution in [1.82, 2.24) is 4.98 Å². The molecule has 0 bridgehead atoms. The maximum atomic E-state index is 12.8. The summed E-state index contributed by atoms with van der Waals surface area (Å²) >= 11 is 0. The van der Waals surface area contributed by atoms with Gasteiger partial charge in [-0.15, -0.1) is 0 Å². The monoisotopic (exact) mass is 217 g/mol. The number of ether oxygens (including phenoxy) is 1. The van der Waals surface area contributed by atoms with Crippen molar-refractivity contribution in [3.05, 3.63) is 24.0 Å². The van der Waals surface area contributed by atoms with Crippen LogP contribution in [0.25, 0.3) is 0 Å². The van der Waals surface area contributed by atoms with E-state index in [2.05, 4.69) is 4.98 Å². The van der Waals surface area contributed by atoms with E-state index in [0.29, 0.717) is 5.75 Å². The molecule has 0 radical (unpaired) electrons. The fourth-order valence-corrected chi connectivity index (χ4v) is 0.983. The van der Waals surface area contributed by atoms with Crippen molar-refractivity contribution >= 4 is 5.97 Å². The van der Waals surface area contributed by atoms with E-state index in [1.54, 1.807) is 0 Å². The third-order valence-electron chi connectivity index (χ3n) is 1.74. The molecule has 1 aromatic heterocycles. The molecule has 4 nitrogen and oxygen atoms in total. The van der Waals surface area contributed by atoms with Gasteiger partial charge in [-0.1, -0.05) is 0 Å². The van der Waals surface area contributed by atoms with Gasteiger partial charge < -0.3 is 9.84 Å². The molecule has 82 valence electrons. The molecule has 0 aromatic carbocycles. The van der Waals surface area contributed by atoms with Gasteiger partial charge in [0.15, 0.2) is 0 Å². The Morgan fingerprint density at radius 2 is 2.33 bits per heavy atom. The van der Waals surface area contributed by atoms with E-state index in [4.69, 9.17) is 9.84 Å². The van der Waals surface area contributed by atoms with Crippen LogP contribution in [-0.2, 0) is 11.2 Å². The number of aromatic nitrogens is 1. The summed E-state index contributed by atoms with van der Waals surface area (Å²) in [6.45, 7) is 0. The van der Waals surface area contributed by atoms with Gasteiger partial charge in [0.2, 0.25) is 0 Å². The minimum Gasteiger partial charge on any atom is -0.497 e. The first-order chi connectivity index (χ1) is 6.95. The SMILES string of the molecule is COc1ccnc(CC(F)(F)C(=O)O)c1. The van der Waals surface area contributed by atoms with E-state index in [-0.39, 0.29) is 5.69 Å². The molecule has 1 aromatic rings. The standard InChI is InChI=1S/C9H9F2NO3/c1-15-7-2-3-12-6(4-7)5-9(10,11)8(13)14/h2-4H,5H2,1H3,(H,13,14). The second-order valence-electron chi connectivity index (χ2n) is 2.87. The summed E-state index contributed by atoms with van der Waals surface area (Å²) in [6, 6.07) is 2.76. The molecule has 0 atom stereocenters. The molecule has 0 unspecified atom stereocenters. The summed E-state index contributed by atoms with van der Waals surface area (Å²) in [5.41, 5.74) is -0.0262. The average Bonchev–Trinajstić information content (AvgIpc) is 2.17. The number of pyridine rings is 1. The van der Waals surface area contributed by atoms with Crippen molar-refractivity contribution in [3.63, 3.8) is 0 Å². The second-order valence-corrected chi connectivity index (χ2v) is 2.87. The highest BCUT2D eigenvalue weighted by atomic mass is 19.3. The predicted molar refractivity (Wildman–Crippen MR) is 47.1 cm³/mol.